The highest BCUT2D eigenvalue weighted by molar-refractivity contribution is 7.48. The van der Waals surface area contributed by atoms with E-state index in [1.54, 1.807) is 18.2 Å². The van der Waals surface area contributed by atoms with Gasteiger partial charge in [-0.2, -0.15) is 0 Å². The molecule has 0 fully saturated rings. The lowest BCUT2D eigenvalue weighted by Gasteiger charge is -2.19. The van der Waals surface area contributed by atoms with E-state index in [0.29, 0.717) is 5.75 Å². The number of benzene rings is 3. The van der Waals surface area contributed by atoms with Crippen molar-refractivity contribution in [1.29, 1.82) is 0 Å². The van der Waals surface area contributed by atoms with E-state index >= 15 is 0 Å². The van der Waals surface area contributed by atoms with Gasteiger partial charge in [0.05, 0.1) is 13.2 Å². The first kappa shape index (κ1) is 19.1. The van der Waals surface area contributed by atoms with Crippen molar-refractivity contribution >= 4 is 13.9 Å². The fourth-order valence-corrected chi connectivity index (χ4v) is 3.51. The predicted octanol–water partition coefficient (Wildman–Crippen LogP) is 6.25. The highest BCUT2D eigenvalue weighted by Gasteiger charge is 2.29. The van der Waals surface area contributed by atoms with Gasteiger partial charge in [0.15, 0.2) is 0 Å². The van der Waals surface area contributed by atoms with Crippen molar-refractivity contribution in [3.8, 4) is 5.75 Å². The molecule has 0 aliphatic carbocycles. The van der Waals surface area contributed by atoms with Gasteiger partial charge < -0.3 is 4.52 Å². The van der Waals surface area contributed by atoms with E-state index in [4.69, 9.17) is 13.6 Å². The Labute approximate surface area is 159 Å². The summed E-state index contributed by atoms with van der Waals surface area (Å²) in [6.07, 6.45) is 1.72. The second-order valence-corrected chi connectivity index (χ2v) is 7.42. The molecule has 0 aliphatic rings. The maximum atomic E-state index is 13.2. The molecule has 138 valence electrons. The van der Waals surface area contributed by atoms with Crippen LogP contribution in [-0.4, -0.2) is 0 Å². The minimum atomic E-state index is -3.82. The first-order valence-corrected chi connectivity index (χ1v) is 10.0. The molecule has 0 spiro atoms. The van der Waals surface area contributed by atoms with Crippen molar-refractivity contribution in [2.24, 2.45) is 0 Å². The molecule has 0 bridgehead atoms. The van der Waals surface area contributed by atoms with Crippen LogP contribution in [0.5, 0.6) is 5.75 Å². The van der Waals surface area contributed by atoms with Gasteiger partial charge in [0.2, 0.25) is 0 Å². The van der Waals surface area contributed by atoms with Crippen molar-refractivity contribution in [1.82, 2.24) is 0 Å². The second-order valence-electron chi connectivity index (χ2n) is 5.83. The van der Waals surface area contributed by atoms with Crippen LogP contribution >= 0.6 is 7.82 Å². The van der Waals surface area contributed by atoms with Gasteiger partial charge in [-0.05, 0) is 28.8 Å². The monoisotopic (exact) mass is 380 g/mol. The van der Waals surface area contributed by atoms with E-state index in [0.717, 1.165) is 16.7 Å². The zero-order valence-electron chi connectivity index (χ0n) is 14.9. The molecule has 0 N–H and O–H groups in total. The maximum absolute atomic E-state index is 13.2. The number of rotatable bonds is 9. The Kier molecular flexibility index (Phi) is 6.61. The fourth-order valence-electron chi connectivity index (χ4n) is 2.34. The maximum Gasteiger partial charge on any atom is 0.530 e. The molecule has 3 aromatic rings. The Bertz CT molecular complexity index is 845. The van der Waals surface area contributed by atoms with Crippen LogP contribution in [0.4, 0.5) is 0 Å². The predicted molar refractivity (Wildman–Crippen MR) is 107 cm³/mol. The molecule has 0 radical (unpaired) electrons. The highest BCUT2D eigenvalue weighted by Crippen LogP contribution is 2.51. The lowest BCUT2D eigenvalue weighted by Crippen LogP contribution is -2.03. The molecule has 0 heterocycles. The van der Waals surface area contributed by atoms with Crippen LogP contribution in [-0.2, 0) is 26.8 Å². The standard InChI is InChI=1S/C22H21O4P/c1-2-19-13-15-22(16-14-19)26-27(23,24-17-20-9-5-3-6-10-20)25-18-21-11-7-4-8-12-21/h2-16H,1,17-18H2. The molecule has 0 unspecified atom stereocenters. The van der Waals surface area contributed by atoms with Crippen LogP contribution in [0.3, 0.4) is 0 Å². The summed E-state index contributed by atoms with van der Waals surface area (Å²) in [5.74, 6) is 0.407. The Morgan fingerprint density at radius 3 is 1.67 bits per heavy atom. The Balaban J connectivity index is 1.73. The number of hydrogen-bond acceptors (Lipinski definition) is 4. The summed E-state index contributed by atoms with van der Waals surface area (Å²) < 4.78 is 30.0. The minimum absolute atomic E-state index is 0.123. The van der Waals surface area contributed by atoms with Gasteiger partial charge in [0, 0.05) is 0 Å². The van der Waals surface area contributed by atoms with Crippen LogP contribution in [0.1, 0.15) is 16.7 Å². The molecule has 0 aliphatic heterocycles. The van der Waals surface area contributed by atoms with Gasteiger partial charge in [0.25, 0.3) is 0 Å². The third-order valence-electron chi connectivity index (χ3n) is 3.80. The Morgan fingerprint density at radius 1 is 0.741 bits per heavy atom. The van der Waals surface area contributed by atoms with Gasteiger partial charge >= 0.3 is 7.82 Å². The summed E-state index contributed by atoms with van der Waals surface area (Å²) in [4.78, 5) is 0. The summed E-state index contributed by atoms with van der Waals surface area (Å²) in [6.45, 7) is 3.96. The molecular formula is C22H21O4P. The third-order valence-corrected chi connectivity index (χ3v) is 5.12. The van der Waals surface area contributed by atoms with Crippen LogP contribution < -0.4 is 4.52 Å². The van der Waals surface area contributed by atoms with Crippen LogP contribution in [0.15, 0.2) is 91.5 Å². The van der Waals surface area contributed by atoms with Crippen molar-refractivity contribution < 1.29 is 18.1 Å². The quantitative estimate of drug-likeness (QED) is 0.412. The van der Waals surface area contributed by atoms with Crippen molar-refractivity contribution in [3.05, 3.63) is 108 Å². The van der Waals surface area contributed by atoms with E-state index in [1.807, 2.05) is 72.8 Å². The van der Waals surface area contributed by atoms with Crippen LogP contribution in [0.25, 0.3) is 6.08 Å². The van der Waals surface area contributed by atoms with Gasteiger partial charge in [-0.15, -0.1) is 0 Å². The molecule has 4 nitrogen and oxygen atoms in total. The molecule has 3 rings (SSSR count). The van der Waals surface area contributed by atoms with Gasteiger partial charge in [-0.1, -0.05) is 85.5 Å². The molecule has 0 atom stereocenters. The number of hydrogen-bond donors (Lipinski definition) is 0. The lowest BCUT2D eigenvalue weighted by atomic mass is 10.2. The van der Waals surface area contributed by atoms with E-state index in [1.165, 1.54) is 0 Å². The van der Waals surface area contributed by atoms with E-state index in [-0.39, 0.29) is 13.2 Å². The summed E-state index contributed by atoms with van der Waals surface area (Å²) in [6, 6.07) is 26.0. The molecule has 5 heteroatoms. The summed E-state index contributed by atoms with van der Waals surface area (Å²) in [7, 11) is -3.82. The molecular weight excluding hydrogens is 359 g/mol. The zero-order chi connectivity index (χ0) is 19.0. The topological polar surface area (TPSA) is 44.8 Å². The van der Waals surface area contributed by atoms with Crippen molar-refractivity contribution in [3.63, 3.8) is 0 Å². The Hall–Kier alpha value is -2.65. The first-order valence-electron chi connectivity index (χ1n) is 8.56. The van der Waals surface area contributed by atoms with E-state index in [9.17, 15) is 4.57 Å². The largest absolute Gasteiger partial charge is 0.530 e. The molecule has 0 saturated carbocycles. The molecule has 0 amide bonds. The molecule has 3 aromatic carbocycles. The van der Waals surface area contributed by atoms with E-state index < -0.39 is 7.82 Å². The average molecular weight is 380 g/mol. The molecule has 27 heavy (non-hydrogen) atoms. The number of phosphoric ester groups is 1. The van der Waals surface area contributed by atoms with Crippen LogP contribution in [0, 0.1) is 0 Å². The molecule has 0 aromatic heterocycles. The summed E-state index contributed by atoms with van der Waals surface area (Å²) in [5, 5.41) is 0. The lowest BCUT2D eigenvalue weighted by molar-refractivity contribution is 0.143. The van der Waals surface area contributed by atoms with Gasteiger partial charge in [-0.3, -0.25) is 9.05 Å². The van der Waals surface area contributed by atoms with Gasteiger partial charge in [0.1, 0.15) is 5.75 Å². The fraction of sp³-hybridized carbons (Fsp3) is 0.0909. The van der Waals surface area contributed by atoms with Crippen molar-refractivity contribution in [2.75, 3.05) is 0 Å². The zero-order valence-corrected chi connectivity index (χ0v) is 15.8. The summed E-state index contributed by atoms with van der Waals surface area (Å²) >= 11 is 0. The SMILES string of the molecule is C=Cc1ccc(OP(=O)(OCc2ccccc2)OCc2ccccc2)cc1. The smallest absolute Gasteiger partial charge is 0.404 e. The van der Waals surface area contributed by atoms with E-state index in [2.05, 4.69) is 6.58 Å². The minimum Gasteiger partial charge on any atom is -0.404 e. The van der Waals surface area contributed by atoms with Crippen molar-refractivity contribution in [2.45, 2.75) is 13.2 Å². The number of phosphoric acid groups is 1. The summed E-state index contributed by atoms with van der Waals surface area (Å²) in [5.41, 5.74) is 2.70. The first-order chi connectivity index (χ1) is 13.2. The third kappa shape index (κ3) is 5.93. The molecule has 0 saturated heterocycles. The normalized spacial score (nSPS) is 11.1. The van der Waals surface area contributed by atoms with Gasteiger partial charge in [-0.25, -0.2) is 4.57 Å². The second kappa shape index (κ2) is 9.33. The Morgan fingerprint density at radius 2 is 1.22 bits per heavy atom. The average Bonchev–Trinajstić information content (AvgIpc) is 2.73. The highest BCUT2D eigenvalue weighted by atomic mass is 31.2. The van der Waals surface area contributed by atoms with Crippen LogP contribution in [0.2, 0.25) is 0 Å².